The molecule has 0 bridgehead atoms. The molecule has 2 aromatic heterocycles. The van der Waals surface area contributed by atoms with Crippen molar-refractivity contribution < 1.29 is 36.4 Å². The normalized spacial score (nSPS) is 16.2. The second kappa shape index (κ2) is 9.46. The number of rotatable bonds is 5. The first-order valence-electron chi connectivity index (χ1n) is 10.4. The minimum absolute atomic E-state index is 0.0576. The summed E-state index contributed by atoms with van der Waals surface area (Å²) < 4.78 is 51.0. The Morgan fingerprint density at radius 3 is 2.56 bits per heavy atom. The van der Waals surface area contributed by atoms with Crippen molar-refractivity contribution in [2.45, 2.75) is 19.0 Å². The van der Waals surface area contributed by atoms with E-state index in [9.17, 15) is 27.6 Å². The van der Waals surface area contributed by atoms with Gasteiger partial charge >= 0.3 is 6.18 Å². The lowest BCUT2D eigenvalue weighted by Crippen LogP contribution is -2.43. The van der Waals surface area contributed by atoms with E-state index in [4.69, 9.17) is 8.83 Å². The van der Waals surface area contributed by atoms with Gasteiger partial charge in [0.15, 0.2) is 5.76 Å². The number of benzene rings is 1. The van der Waals surface area contributed by atoms with Crippen molar-refractivity contribution in [1.29, 1.82) is 0 Å². The summed E-state index contributed by atoms with van der Waals surface area (Å²) in [6.07, 6.45) is 0.105. The smallest absolute Gasteiger partial charge is 0.418 e. The van der Waals surface area contributed by atoms with Crippen LogP contribution >= 0.6 is 0 Å². The van der Waals surface area contributed by atoms with E-state index in [2.05, 4.69) is 10.6 Å². The molecule has 1 atom stereocenters. The molecule has 1 aromatic carbocycles. The Morgan fingerprint density at radius 2 is 1.88 bits per heavy atom. The minimum Gasteiger partial charge on any atom is -0.472 e. The number of carbonyl (C=O) groups excluding carboxylic acids is 3. The Morgan fingerprint density at radius 1 is 1.06 bits per heavy atom. The van der Waals surface area contributed by atoms with E-state index >= 15 is 0 Å². The lowest BCUT2D eigenvalue weighted by Gasteiger charge is -2.32. The van der Waals surface area contributed by atoms with Gasteiger partial charge in [-0.3, -0.25) is 14.4 Å². The highest BCUT2D eigenvalue weighted by atomic mass is 19.4. The predicted octanol–water partition coefficient (Wildman–Crippen LogP) is 4.63. The Labute approximate surface area is 191 Å². The van der Waals surface area contributed by atoms with Gasteiger partial charge < -0.3 is 24.4 Å². The summed E-state index contributed by atoms with van der Waals surface area (Å²) in [5.41, 5.74) is -1.32. The van der Waals surface area contributed by atoms with Crippen molar-refractivity contribution in [2.24, 2.45) is 5.92 Å². The summed E-state index contributed by atoms with van der Waals surface area (Å²) >= 11 is 0. The van der Waals surface area contributed by atoms with Gasteiger partial charge in [0.1, 0.15) is 6.26 Å². The van der Waals surface area contributed by atoms with Gasteiger partial charge in [0.2, 0.25) is 5.91 Å². The first-order valence-corrected chi connectivity index (χ1v) is 10.4. The number of halogens is 3. The van der Waals surface area contributed by atoms with E-state index in [1.54, 1.807) is 0 Å². The number of alkyl halides is 3. The fourth-order valence-corrected chi connectivity index (χ4v) is 3.75. The molecular weight excluding hydrogens is 455 g/mol. The molecule has 1 saturated heterocycles. The molecule has 11 heteroatoms. The second-order valence-corrected chi connectivity index (χ2v) is 7.78. The molecule has 3 heterocycles. The molecule has 1 aliphatic rings. The number of furan rings is 2. The number of likely N-dealkylation sites (tertiary alicyclic amines) is 1. The second-order valence-electron chi connectivity index (χ2n) is 7.78. The Bertz CT molecular complexity index is 1170. The SMILES string of the molecule is O=C(Nc1ccc(NC(=O)C2CCCN(C(=O)c3ccoc3)C2)c(C(F)(F)F)c1)c1ccco1. The van der Waals surface area contributed by atoms with Gasteiger partial charge in [-0.05, 0) is 49.2 Å². The van der Waals surface area contributed by atoms with Crippen LogP contribution in [0.2, 0.25) is 0 Å². The van der Waals surface area contributed by atoms with Crippen molar-refractivity contribution in [3.05, 3.63) is 72.1 Å². The molecule has 1 unspecified atom stereocenters. The van der Waals surface area contributed by atoms with Gasteiger partial charge in [-0.15, -0.1) is 0 Å². The van der Waals surface area contributed by atoms with Crippen molar-refractivity contribution >= 4 is 29.1 Å². The molecule has 0 spiro atoms. The summed E-state index contributed by atoms with van der Waals surface area (Å²) in [5.74, 6) is -2.37. The van der Waals surface area contributed by atoms with E-state index in [1.807, 2.05) is 0 Å². The molecule has 1 fully saturated rings. The van der Waals surface area contributed by atoms with Crippen molar-refractivity contribution in [3.63, 3.8) is 0 Å². The summed E-state index contributed by atoms with van der Waals surface area (Å²) in [6, 6.07) is 7.43. The first kappa shape index (κ1) is 23.1. The largest absolute Gasteiger partial charge is 0.472 e. The van der Waals surface area contributed by atoms with Crippen molar-refractivity contribution in [1.82, 2.24) is 4.90 Å². The molecule has 3 aromatic rings. The van der Waals surface area contributed by atoms with E-state index < -0.39 is 35.2 Å². The summed E-state index contributed by atoms with van der Waals surface area (Å²) in [6.45, 7) is 0.514. The zero-order valence-electron chi connectivity index (χ0n) is 17.7. The van der Waals surface area contributed by atoms with Crippen LogP contribution in [0.3, 0.4) is 0 Å². The number of hydrogen-bond donors (Lipinski definition) is 2. The van der Waals surface area contributed by atoms with Crippen LogP contribution in [0.5, 0.6) is 0 Å². The molecule has 178 valence electrons. The molecule has 8 nitrogen and oxygen atoms in total. The highest BCUT2D eigenvalue weighted by Gasteiger charge is 2.36. The Kier molecular flexibility index (Phi) is 6.44. The maximum Gasteiger partial charge on any atom is 0.418 e. The molecule has 0 aliphatic carbocycles. The third kappa shape index (κ3) is 5.13. The van der Waals surface area contributed by atoms with Crippen LogP contribution in [-0.2, 0) is 11.0 Å². The number of nitrogens with zero attached hydrogens (tertiary/aromatic N) is 1. The fraction of sp³-hybridized carbons (Fsp3) is 0.261. The molecule has 2 N–H and O–H groups in total. The summed E-state index contributed by atoms with van der Waals surface area (Å²) in [4.78, 5) is 38.9. The monoisotopic (exact) mass is 475 g/mol. The van der Waals surface area contributed by atoms with E-state index in [1.165, 1.54) is 48.0 Å². The molecular formula is C23H20F3N3O5. The van der Waals surface area contributed by atoms with Gasteiger partial charge in [-0.25, -0.2) is 0 Å². The van der Waals surface area contributed by atoms with Crippen molar-refractivity contribution in [3.8, 4) is 0 Å². The van der Waals surface area contributed by atoms with Gasteiger partial charge in [0.05, 0.1) is 35.3 Å². The van der Waals surface area contributed by atoms with Gasteiger partial charge in [-0.2, -0.15) is 13.2 Å². The summed E-state index contributed by atoms with van der Waals surface area (Å²) in [5, 5.41) is 4.68. The first-order chi connectivity index (χ1) is 16.2. The number of amides is 3. The zero-order chi connectivity index (χ0) is 24.3. The molecule has 0 radical (unpaired) electrons. The number of anilines is 2. The minimum atomic E-state index is -4.79. The maximum absolute atomic E-state index is 13.7. The molecule has 4 rings (SSSR count). The number of piperidine rings is 1. The van der Waals surface area contributed by atoms with Crippen LogP contribution in [0.25, 0.3) is 0 Å². The van der Waals surface area contributed by atoms with Gasteiger partial charge in [0, 0.05) is 18.8 Å². The maximum atomic E-state index is 13.7. The van der Waals surface area contributed by atoms with Crippen LogP contribution in [0.1, 0.15) is 39.3 Å². The average Bonchev–Trinajstić information content (AvgIpc) is 3.53. The lowest BCUT2D eigenvalue weighted by atomic mass is 9.96. The Hall–Kier alpha value is -4.02. The van der Waals surface area contributed by atoms with Gasteiger partial charge in [-0.1, -0.05) is 0 Å². The van der Waals surface area contributed by atoms with E-state index in [0.29, 0.717) is 24.9 Å². The quantitative estimate of drug-likeness (QED) is 0.560. The topological polar surface area (TPSA) is 105 Å². The molecule has 3 amide bonds. The third-order valence-corrected chi connectivity index (χ3v) is 5.43. The van der Waals surface area contributed by atoms with Crippen LogP contribution < -0.4 is 10.6 Å². The fourth-order valence-electron chi connectivity index (χ4n) is 3.75. The zero-order valence-corrected chi connectivity index (χ0v) is 17.7. The van der Waals surface area contributed by atoms with E-state index in [-0.39, 0.29) is 23.9 Å². The standard InChI is InChI=1S/C23H20F3N3O5/c24-23(25,26)17-11-16(27-21(31)19-4-2-9-34-19)5-6-18(17)28-20(30)14-3-1-8-29(12-14)22(32)15-7-10-33-13-15/h2,4-7,9-11,13-14H,1,3,8,12H2,(H,27,31)(H,28,30). The van der Waals surface area contributed by atoms with Crippen LogP contribution in [0, 0.1) is 5.92 Å². The van der Waals surface area contributed by atoms with E-state index in [0.717, 1.165) is 12.1 Å². The molecule has 1 aliphatic heterocycles. The number of nitrogens with one attached hydrogen (secondary N) is 2. The van der Waals surface area contributed by atoms with Crippen LogP contribution in [0.15, 0.2) is 64.0 Å². The lowest BCUT2D eigenvalue weighted by molar-refractivity contribution is -0.137. The summed E-state index contributed by atoms with van der Waals surface area (Å²) in [7, 11) is 0. The van der Waals surface area contributed by atoms with Crippen LogP contribution in [-0.4, -0.2) is 35.7 Å². The third-order valence-electron chi connectivity index (χ3n) is 5.43. The predicted molar refractivity (Wildman–Crippen MR) is 114 cm³/mol. The number of hydrogen-bond acceptors (Lipinski definition) is 5. The molecule has 0 saturated carbocycles. The Balaban J connectivity index is 1.48. The highest BCUT2D eigenvalue weighted by Crippen LogP contribution is 2.37. The number of carbonyl (C=O) groups is 3. The van der Waals surface area contributed by atoms with Gasteiger partial charge in [0.25, 0.3) is 11.8 Å². The average molecular weight is 475 g/mol. The van der Waals surface area contributed by atoms with Crippen molar-refractivity contribution in [2.75, 3.05) is 23.7 Å². The van der Waals surface area contributed by atoms with Crippen LogP contribution in [0.4, 0.5) is 24.5 Å². The highest BCUT2D eigenvalue weighted by molar-refractivity contribution is 6.02. The molecule has 34 heavy (non-hydrogen) atoms.